The van der Waals surface area contributed by atoms with Crippen molar-refractivity contribution in [2.75, 3.05) is 134 Å². The third-order valence-electron chi connectivity index (χ3n) is 17.1. The van der Waals surface area contributed by atoms with Crippen molar-refractivity contribution in [1.29, 1.82) is 0 Å². The summed E-state index contributed by atoms with van der Waals surface area (Å²) in [7, 11) is 13.8. The number of fused-ring (bicyclic) bond motifs is 7. The van der Waals surface area contributed by atoms with E-state index in [4.69, 9.17) is 49.5 Å². The molecule has 508 valence electrons. The van der Waals surface area contributed by atoms with E-state index in [1.165, 1.54) is 76.2 Å². The van der Waals surface area contributed by atoms with Crippen LogP contribution in [0.5, 0.6) is 5.75 Å². The normalized spacial score (nSPS) is 22.8. The van der Waals surface area contributed by atoms with Crippen LogP contribution in [0.15, 0.2) is 66.3 Å². The predicted molar refractivity (Wildman–Crippen MR) is 341 cm³/mol. The maximum atomic E-state index is 14.6. The van der Waals surface area contributed by atoms with Crippen LogP contribution in [0, 0.1) is 0 Å². The summed E-state index contributed by atoms with van der Waals surface area (Å²) in [6.07, 6.45) is 0.431. The van der Waals surface area contributed by atoms with Gasteiger partial charge in [-0.25, -0.2) is 14.6 Å². The molecule has 2 aromatic carbocycles. The average molecular weight is 1310 g/mol. The fourth-order valence-corrected chi connectivity index (χ4v) is 11.9. The van der Waals surface area contributed by atoms with E-state index >= 15 is 0 Å². The summed E-state index contributed by atoms with van der Waals surface area (Å²) in [6, 6.07) is 12.2. The van der Waals surface area contributed by atoms with Gasteiger partial charge in [-0.15, -0.1) is 0 Å². The van der Waals surface area contributed by atoms with Crippen molar-refractivity contribution >= 4 is 75.7 Å². The summed E-state index contributed by atoms with van der Waals surface area (Å²) in [4.78, 5) is 118. The van der Waals surface area contributed by atoms with Crippen LogP contribution in [0.1, 0.15) is 71.1 Å². The molecule has 3 aromatic rings. The van der Waals surface area contributed by atoms with Crippen molar-refractivity contribution in [3.8, 4) is 5.75 Å². The minimum atomic E-state index is -1.95. The van der Waals surface area contributed by atoms with Gasteiger partial charge in [-0.1, -0.05) is 53.6 Å². The molecule has 4 aliphatic heterocycles. The molecule has 5 heterocycles. The third-order valence-corrected chi connectivity index (χ3v) is 17.5. The number of aliphatic hydroxyl groups is 1. The number of rotatable bonds is 29. The SMILES string of the molecule is CNN(C)Cc1cc2ccccc2n1CCC(=O)NCC(=O)N(CCOC)CC(=O)N(CCOC)CC(=O)N(CCOC)CCC(=O)N(C)[C@@H](C)C(=O)O[C@H]1CC(=O)N(C)c2cc(cc(OC)c2Cl)C/C(C)=C/C=C/[C@@H](OC)[C@@]2(O)C[C@H](OC(=O)N2)C2(C)C[C@@]1(C)O2. The molecule has 2 fully saturated rings. The highest BCUT2D eigenvalue weighted by Crippen LogP contribution is 2.50. The number of alkyl carbamates (subject to hydrolysis) is 1. The van der Waals surface area contributed by atoms with Crippen molar-refractivity contribution in [1.82, 2.24) is 45.2 Å². The van der Waals surface area contributed by atoms with Gasteiger partial charge in [0.25, 0.3) is 0 Å². The zero-order chi connectivity index (χ0) is 67.7. The number of anilines is 1. The Morgan fingerprint density at radius 2 is 1.49 bits per heavy atom. The molecule has 7 atom stereocenters. The molecular weight excluding hydrogens is 1220 g/mol. The summed E-state index contributed by atoms with van der Waals surface area (Å²) in [5, 5.41) is 20.3. The first-order valence-corrected chi connectivity index (χ1v) is 30.9. The number of esters is 1. The van der Waals surface area contributed by atoms with Crippen molar-refractivity contribution < 1.29 is 81.4 Å². The number of aromatic nitrogens is 1. The van der Waals surface area contributed by atoms with E-state index in [1.807, 2.05) is 56.4 Å². The van der Waals surface area contributed by atoms with Gasteiger partial charge in [-0.2, -0.15) is 0 Å². The van der Waals surface area contributed by atoms with Crippen LogP contribution in [-0.2, 0) is 86.2 Å². The van der Waals surface area contributed by atoms with E-state index in [0.29, 0.717) is 30.9 Å². The molecule has 92 heavy (non-hydrogen) atoms. The number of likely N-dealkylation sites (N-methyl/N-ethyl adjacent to an activating group) is 1. The monoisotopic (exact) mass is 1310 g/mol. The van der Waals surface area contributed by atoms with Gasteiger partial charge in [0.2, 0.25) is 35.4 Å². The van der Waals surface area contributed by atoms with Gasteiger partial charge in [-0.05, 0) is 76.4 Å². The number of nitrogens with one attached hydrogen (secondary N) is 3. The summed E-state index contributed by atoms with van der Waals surface area (Å²) in [5.41, 5.74) is 2.36. The molecule has 0 radical (unpaired) electrons. The van der Waals surface area contributed by atoms with Crippen LogP contribution in [0.2, 0.25) is 5.02 Å². The topological polar surface area (TPSA) is 291 Å². The first-order chi connectivity index (χ1) is 43.7. The maximum absolute atomic E-state index is 14.6. The lowest BCUT2D eigenvalue weighted by molar-refractivity contribution is -0.328. The Morgan fingerprint density at radius 1 is 0.859 bits per heavy atom. The number of benzene rings is 2. The Morgan fingerprint density at radius 3 is 2.12 bits per heavy atom. The molecule has 4 aliphatic rings. The van der Waals surface area contributed by atoms with Gasteiger partial charge in [-0.3, -0.25) is 39.5 Å². The molecular formula is C64H93ClN10O17. The van der Waals surface area contributed by atoms with Gasteiger partial charge in [0.1, 0.15) is 46.3 Å². The fourth-order valence-electron chi connectivity index (χ4n) is 11.6. The van der Waals surface area contributed by atoms with Crippen LogP contribution in [0.4, 0.5) is 10.5 Å². The molecule has 4 N–H and O–H groups in total. The molecule has 6 bridgehead atoms. The lowest BCUT2D eigenvalue weighted by Gasteiger charge is -2.59. The van der Waals surface area contributed by atoms with E-state index in [-0.39, 0.29) is 82.6 Å². The number of aryl methyl sites for hydroxylation is 1. The smallest absolute Gasteiger partial charge is 0.409 e. The number of hydrogen-bond donors (Lipinski definition) is 4. The summed E-state index contributed by atoms with van der Waals surface area (Å²) in [5.74, 6) is -3.76. The number of para-hydroxylation sites is 1. The van der Waals surface area contributed by atoms with E-state index < -0.39 is 109 Å². The lowest BCUT2D eigenvalue weighted by atomic mass is 9.72. The molecule has 2 saturated heterocycles. The van der Waals surface area contributed by atoms with E-state index in [9.17, 15) is 43.5 Å². The first kappa shape index (κ1) is 73.8. The Bertz CT molecular complexity index is 3150. The van der Waals surface area contributed by atoms with Crippen molar-refractivity contribution in [3.63, 3.8) is 0 Å². The Hall–Kier alpha value is -7.21. The van der Waals surface area contributed by atoms with E-state index in [1.54, 1.807) is 38.1 Å². The first-order valence-electron chi connectivity index (χ1n) is 30.6. The molecule has 1 unspecified atom stereocenters. The third kappa shape index (κ3) is 19.0. The van der Waals surface area contributed by atoms with Crippen LogP contribution < -0.4 is 25.7 Å². The zero-order valence-corrected chi connectivity index (χ0v) is 56.1. The summed E-state index contributed by atoms with van der Waals surface area (Å²) >= 11 is 6.87. The molecule has 27 nitrogen and oxygen atoms in total. The Kier molecular flexibility index (Phi) is 26.9. The minimum Gasteiger partial charge on any atom is -0.495 e. The molecule has 1 aromatic heterocycles. The summed E-state index contributed by atoms with van der Waals surface area (Å²) < 4.78 is 47.9. The van der Waals surface area contributed by atoms with E-state index in [0.717, 1.165) is 32.6 Å². The highest BCUT2D eigenvalue weighted by molar-refractivity contribution is 6.35. The van der Waals surface area contributed by atoms with Crippen molar-refractivity contribution in [2.24, 2.45) is 0 Å². The van der Waals surface area contributed by atoms with E-state index in [2.05, 4.69) is 26.7 Å². The van der Waals surface area contributed by atoms with Crippen molar-refractivity contribution in [2.45, 2.75) is 121 Å². The van der Waals surface area contributed by atoms with Gasteiger partial charge < -0.3 is 77.4 Å². The van der Waals surface area contributed by atoms with Gasteiger partial charge in [0.15, 0.2) is 5.72 Å². The minimum absolute atomic E-state index is 0.000688. The molecule has 0 aliphatic carbocycles. The fraction of sp³-hybridized carbons (Fsp3) is 0.594. The number of methoxy groups -OCH3 is 5. The number of hydrazine groups is 1. The number of carbonyl (C=O) groups is 8. The number of nitrogens with zero attached hydrogens (tertiary/aromatic N) is 7. The molecule has 0 saturated carbocycles. The second kappa shape index (κ2) is 33.6. The summed E-state index contributed by atoms with van der Waals surface area (Å²) in [6.45, 7) is 6.26. The number of hydrogen-bond acceptors (Lipinski definition) is 19. The molecule has 28 heteroatoms. The van der Waals surface area contributed by atoms with Crippen molar-refractivity contribution in [3.05, 3.63) is 82.5 Å². The Balaban J connectivity index is 1.13. The zero-order valence-electron chi connectivity index (χ0n) is 55.3. The highest BCUT2D eigenvalue weighted by Gasteiger charge is 2.63. The molecule has 7 amide bonds. The largest absolute Gasteiger partial charge is 0.495 e. The average Bonchev–Trinajstić information content (AvgIpc) is 0.844. The standard InChI is InChI=1S/C64H93ClN10O17/c1-42-17-16-20-50(89-13)64(84)36-52(91-61(83)68-64)63(4)41-62(3,92-63)51(35-55(78)71(8)48-32-44(31-42)33-49(88-12)59(48)65)90-60(82)43(2)70(7)54(77)22-23-72(25-28-85-9)57(80)39-74(27-30-87-11)58(81)40-73(26-29-86-10)56(79)37-67-53(76)21-24-75-46(38-69(6)66-5)34-45-18-14-15-19-47(45)75/h14-20,32-34,43,50-52,66,84H,21-31,35-41H2,1-13H3,(H,67,76)(H,68,83)/b20-16+,42-17+/t43-,50+,51-,52-,62+,63?,64-/m0/s1. The maximum Gasteiger partial charge on any atom is 0.409 e. The second-order valence-corrected chi connectivity index (χ2v) is 24.2. The van der Waals surface area contributed by atoms with Crippen LogP contribution in [0.25, 0.3) is 10.9 Å². The number of amides is 7. The number of carbonyl (C=O) groups excluding carboxylic acids is 8. The van der Waals surface area contributed by atoms with Gasteiger partial charge in [0, 0.05) is 119 Å². The quantitative estimate of drug-likeness (QED) is 0.0573. The molecule has 0 spiro atoms. The number of ether oxygens (including phenoxy) is 8. The highest BCUT2D eigenvalue weighted by atomic mass is 35.5. The number of halogens is 1. The van der Waals surface area contributed by atoms with Crippen LogP contribution in [0.3, 0.4) is 0 Å². The van der Waals surface area contributed by atoms with Gasteiger partial charge >= 0.3 is 12.1 Å². The lowest BCUT2D eigenvalue weighted by Crippen LogP contribution is -2.72. The molecule has 7 rings (SSSR count). The van der Waals surface area contributed by atoms with Gasteiger partial charge in [0.05, 0.1) is 65.2 Å². The second-order valence-electron chi connectivity index (χ2n) is 23.9. The van der Waals surface area contributed by atoms with Crippen LogP contribution in [-0.4, -0.2) is 252 Å². The Labute approximate surface area is 543 Å². The van der Waals surface area contributed by atoms with Crippen LogP contribution >= 0.6 is 11.6 Å². The number of allylic oxidation sites excluding steroid dienone is 3. The predicted octanol–water partition coefficient (Wildman–Crippen LogP) is 3.20.